The van der Waals surface area contributed by atoms with E-state index < -0.39 is 0 Å². The van der Waals surface area contributed by atoms with Gasteiger partial charge in [0.25, 0.3) is 5.91 Å². The lowest BCUT2D eigenvalue weighted by Gasteiger charge is -2.39. The minimum absolute atomic E-state index is 0.00149. The fourth-order valence-corrected chi connectivity index (χ4v) is 3.24. The smallest absolute Gasteiger partial charge is 0.253 e. The second kappa shape index (κ2) is 6.13. The van der Waals surface area contributed by atoms with Gasteiger partial charge in [-0.05, 0) is 31.2 Å². The maximum absolute atomic E-state index is 12.3. The highest BCUT2D eigenvalue weighted by Gasteiger charge is 2.39. The molecular weight excluding hydrogens is 276 g/mol. The first kappa shape index (κ1) is 14.6. The summed E-state index contributed by atoms with van der Waals surface area (Å²) in [5.41, 5.74) is 6.43. The Bertz CT molecular complexity index is 498. The summed E-state index contributed by atoms with van der Waals surface area (Å²) in [7, 11) is 0. The monoisotopic (exact) mass is 294 g/mol. The van der Waals surface area contributed by atoms with Crippen molar-refractivity contribution in [2.75, 3.05) is 19.3 Å². The van der Waals surface area contributed by atoms with Crippen LogP contribution >= 0.6 is 11.8 Å². The highest BCUT2D eigenvalue weighted by atomic mass is 32.2. The van der Waals surface area contributed by atoms with E-state index in [9.17, 15) is 4.79 Å². The third-order valence-electron chi connectivity index (χ3n) is 3.75. The maximum Gasteiger partial charge on any atom is 0.253 e. The summed E-state index contributed by atoms with van der Waals surface area (Å²) in [6.07, 6.45) is 6.53. The van der Waals surface area contributed by atoms with Crippen LogP contribution < -0.4 is 5.73 Å². The average molecular weight is 294 g/mol. The predicted molar refractivity (Wildman–Crippen MR) is 79.0 cm³/mol. The normalized spacial score (nSPS) is 18.9. The molecule has 3 N–H and O–H groups in total. The lowest BCUT2D eigenvalue weighted by molar-refractivity contribution is 0.0718. The van der Waals surface area contributed by atoms with Crippen LogP contribution in [0.3, 0.4) is 0 Å². The van der Waals surface area contributed by atoms with Gasteiger partial charge in [-0.25, -0.2) is 0 Å². The molecule has 1 aliphatic rings. The summed E-state index contributed by atoms with van der Waals surface area (Å²) in [4.78, 5) is 18.0. The Labute approximate surface area is 122 Å². The Morgan fingerprint density at radius 3 is 2.55 bits per heavy atom. The molecule has 0 radical (unpaired) electrons. The number of thioether (sulfide) groups is 1. The number of hydrogen-bond donors (Lipinski definition) is 2. The average Bonchev–Trinajstić information content (AvgIpc) is 2.54. The molecule has 108 valence electrons. The van der Waals surface area contributed by atoms with Gasteiger partial charge in [-0.2, -0.15) is 11.8 Å². The zero-order valence-electron chi connectivity index (χ0n) is 11.3. The quantitative estimate of drug-likeness (QED) is 0.378. The molecule has 6 nitrogen and oxygen atoms in total. The molecule has 20 heavy (non-hydrogen) atoms. The van der Waals surface area contributed by atoms with Gasteiger partial charge in [0.1, 0.15) is 0 Å². The van der Waals surface area contributed by atoms with Crippen LogP contribution in [0, 0.1) is 0 Å². The van der Waals surface area contributed by atoms with E-state index in [1.165, 1.54) is 0 Å². The van der Waals surface area contributed by atoms with Gasteiger partial charge in [-0.15, -0.1) is 0 Å². The van der Waals surface area contributed by atoms with Crippen molar-refractivity contribution in [3.05, 3.63) is 30.1 Å². The first-order valence-corrected chi connectivity index (χ1v) is 7.58. The van der Waals surface area contributed by atoms with Crippen molar-refractivity contribution >= 4 is 23.5 Å². The van der Waals surface area contributed by atoms with Crippen LogP contribution in [0.5, 0.6) is 0 Å². The Morgan fingerprint density at radius 1 is 1.45 bits per heavy atom. The maximum atomic E-state index is 12.3. The van der Waals surface area contributed by atoms with Crippen molar-refractivity contribution in [2.24, 2.45) is 10.9 Å². The molecule has 0 atom stereocenters. The van der Waals surface area contributed by atoms with E-state index >= 15 is 0 Å². The number of nitrogens with zero attached hydrogens (tertiary/aromatic N) is 3. The second-order valence-electron chi connectivity index (χ2n) is 4.71. The van der Waals surface area contributed by atoms with Crippen molar-refractivity contribution in [1.82, 2.24) is 9.88 Å². The highest BCUT2D eigenvalue weighted by Crippen LogP contribution is 2.35. The number of rotatable bonds is 3. The minimum Gasteiger partial charge on any atom is -0.409 e. The number of amidine groups is 1. The molecule has 0 aliphatic carbocycles. The van der Waals surface area contributed by atoms with Crippen LogP contribution in [0.15, 0.2) is 29.7 Å². The van der Waals surface area contributed by atoms with E-state index in [1.54, 1.807) is 41.2 Å². The molecule has 0 bridgehead atoms. The predicted octanol–water partition coefficient (Wildman–Crippen LogP) is 1.17. The van der Waals surface area contributed by atoms with E-state index in [0.717, 1.165) is 0 Å². The number of carbonyl (C=O) groups excluding carboxylic acids is 1. The fourth-order valence-electron chi connectivity index (χ4n) is 2.40. The molecule has 0 spiro atoms. The Morgan fingerprint density at radius 2 is 2.05 bits per heavy atom. The summed E-state index contributed by atoms with van der Waals surface area (Å²) >= 11 is 1.57. The summed E-state index contributed by atoms with van der Waals surface area (Å²) in [5.74, 6) is 0.239. The molecule has 1 aromatic rings. The third-order valence-corrected chi connectivity index (χ3v) is 5.15. The highest BCUT2D eigenvalue weighted by molar-refractivity contribution is 8.00. The van der Waals surface area contributed by atoms with Crippen molar-refractivity contribution in [3.8, 4) is 0 Å². The molecular formula is C13H18N4O2S. The van der Waals surface area contributed by atoms with Crippen molar-refractivity contribution in [1.29, 1.82) is 0 Å². The van der Waals surface area contributed by atoms with Gasteiger partial charge in [0, 0.05) is 31.0 Å². The zero-order chi connectivity index (χ0) is 14.6. The number of hydrogen-bond acceptors (Lipinski definition) is 5. The van der Waals surface area contributed by atoms with Crippen LogP contribution in [-0.4, -0.2) is 50.9 Å². The SMILES string of the molecule is CSC1(C(N)=NO)CCN(C(=O)c2ccncc2)CC1. The fraction of sp³-hybridized carbons (Fsp3) is 0.462. The molecule has 2 heterocycles. The lowest BCUT2D eigenvalue weighted by atomic mass is 9.94. The van der Waals surface area contributed by atoms with Crippen LogP contribution in [0.4, 0.5) is 0 Å². The van der Waals surface area contributed by atoms with Gasteiger partial charge in [-0.1, -0.05) is 5.16 Å². The van der Waals surface area contributed by atoms with Gasteiger partial charge >= 0.3 is 0 Å². The van der Waals surface area contributed by atoms with Gasteiger partial charge in [0.15, 0.2) is 5.84 Å². The number of aromatic nitrogens is 1. The molecule has 2 rings (SSSR count). The van der Waals surface area contributed by atoms with Gasteiger partial charge < -0.3 is 15.8 Å². The molecule has 7 heteroatoms. The number of oxime groups is 1. The minimum atomic E-state index is -0.371. The largest absolute Gasteiger partial charge is 0.409 e. The number of nitrogens with two attached hydrogens (primary N) is 1. The van der Waals surface area contributed by atoms with Crippen molar-refractivity contribution in [2.45, 2.75) is 17.6 Å². The lowest BCUT2D eigenvalue weighted by Crippen LogP contribution is -2.51. The number of likely N-dealkylation sites (tertiary alicyclic amines) is 1. The van der Waals surface area contributed by atoms with Crippen LogP contribution in [0.2, 0.25) is 0 Å². The van der Waals surface area contributed by atoms with Crippen LogP contribution in [0.25, 0.3) is 0 Å². The number of pyridine rings is 1. The van der Waals surface area contributed by atoms with Gasteiger partial charge in [-0.3, -0.25) is 9.78 Å². The summed E-state index contributed by atoms with van der Waals surface area (Å²) in [6, 6.07) is 3.42. The number of carbonyl (C=O) groups is 1. The number of amides is 1. The molecule has 1 saturated heterocycles. The van der Waals surface area contributed by atoms with Crippen molar-refractivity contribution < 1.29 is 10.0 Å². The van der Waals surface area contributed by atoms with Gasteiger partial charge in [0.2, 0.25) is 0 Å². The van der Waals surface area contributed by atoms with Crippen LogP contribution in [0.1, 0.15) is 23.2 Å². The Kier molecular flexibility index (Phi) is 4.49. The molecule has 0 aromatic carbocycles. The van der Waals surface area contributed by atoms with Crippen LogP contribution in [-0.2, 0) is 0 Å². The second-order valence-corrected chi connectivity index (χ2v) is 5.90. The van der Waals surface area contributed by atoms with E-state index in [2.05, 4.69) is 10.1 Å². The zero-order valence-corrected chi connectivity index (χ0v) is 12.1. The Hall–Kier alpha value is -1.76. The number of piperidine rings is 1. The van der Waals surface area contributed by atoms with Gasteiger partial charge in [0.05, 0.1) is 4.75 Å². The van der Waals surface area contributed by atoms with Crippen molar-refractivity contribution in [3.63, 3.8) is 0 Å². The van der Waals surface area contributed by atoms with E-state index in [-0.39, 0.29) is 16.5 Å². The van der Waals surface area contributed by atoms with E-state index in [4.69, 9.17) is 10.9 Å². The standard InChI is InChI=1S/C13H18N4O2S/c1-20-13(12(14)16-19)4-8-17(9-5-13)11(18)10-2-6-15-7-3-10/h2-3,6-7,19H,4-5,8-9H2,1H3,(H2,14,16). The summed E-state index contributed by atoms with van der Waals surface area (Å²) in [6.45, 7) is 1.19. The molecule has 1 fully saturated rings. The van der Waals surface area contributed by atoms with E-state index in [1.807, 2.05) is 6.26 Å². The summed E-state index contributed by atoms with van der Waals surface area (Å²) in [5, 5.41) is 12.0. The first-order valence-electron chi connectivity index (χ1n) is 6.35. The third kappa shape index (κ3) is 2.72. The van der Waals surface area contributed by atoms with E-state index in [0.29, 0.717) is 31.5 Å². The molecule has 0 saturated carbocycles. The molecule has 0 unspecified atom stereocenters. The summed E-state index contributed by atoms with van der Waals surface area (Å²) < 4.78 is -0.371. The topological polar surface area (TPSA) is 91.8 Å². The molecule has 1 amide bonds. The molecule has 1 aromatic heterocycles. The molecule has 1 aliphatic heterocycles. The Balaban J connectivity index is 2.06. The first-order chi connectivity index (χ1) is 9.63.